The molecule has 0 aromatic heterocycles. The highest BCUT2D eigenvalue weighted by molar-refractivity contribution is 5.89. The molecule has 23 heavy (non-hydrogen) atoms. The Labute approximate surface area is 134 Å². The van der Waals surface area contributed by atoms with Crippen LogP contribution in [0.5, 0.6) is 0 Å². The highest BCUT2D eigenvalue weighted by atomic mass is 16.7. The molecule has 0 aromatic carbocycles. The van der Waals surface area contributed by atoms with Crippen molar-refractivity contribution in [2.24, 2.45) is 5.16 Å². The third-order valence-electron chi connectivity index (χ3n) is 4.07. The molecular formula is C15H22N2O6. The molecule has 0 aromatic rings. The molecule has 128 valence electrons. The van der Waals surface area contributed by atoms with Gasteiger partial charge in [-0.1, -0.05) is 5.16 Å². The molecule has 3 aliphatic heterocycles. The Balaban J connectivity index is 0.000000207. The number of hydrogen-bond acceptors (Lipinski definition) is 6. The van der Waals surface area contributed by atoms with E-state index in [4.69, 9.17) is 19.8 Å². The SMILES string of the molecule is CCOC1=NOC2(C1)C[C@H]1CC[C@@H](C2)N1.O=C(O)/C=C/C(=O)O. The van der Waals surface area contributed by atoms with Crippen molar-refractivity contribution in [1.29, 1.82) is 0 Å². The smallest absolute Gasteiger partial charge is 0.328 e. The average Bonchev–Trinajstić information content (AvgIpc) is 3.02. The first-order chi connectivity index (χ1) is 10.9. The largest absolute Gasteiger partial charge is 0.479 e. The zero-order chi connectivity index (χ0) is 16.9. The van der Waals surface area contributed by atoms with E-state index in [1.54, 1.807) is 0 Å². The number of fused-ring (bicyclic) bond motifs is 2. The number of nitrogens with zero attached hydrogens (tertiary/aromatic N) is 1. The van der Waals surface area contributed by atoms with E-state index in [2.05, 4.69) is 10.5 Å². The molecule has 2 bridgehead atoms. The number of rotatable bonds is 3. The minimum Gasteiger partial charge on any atom is -0.479 e. The number of ether oxygens (including phenoxy) is 1. The number of oxime groups is 1. The lowest BCUT2D eigenvalue weighted by Gasteiger charge is -2.35. The number of aliphatic carboxylic acids is 2. The summed E-state index contributed by atoms with van der Waals surface area (Å²) in [6, 6.07) is 1.28. The Morgan fingerprint density at radius 2 is 1.87 bits per heavy atom. The number of carboxylic acids is 2. The second-order valence-electron chi connectivity index (χ2n) is 5.93. The predicted octanol–water partition coefficient (Wildman–Crippen LogP) is 1.12. The van der Waals surface area contributed by atoms with Gasteiger partial charge in [-0.05, 0) is 19.8 Å². The fraction of sp³-hybridized carbons (Fsp3) is 0.667. The topological polar surface area (TPSA) is 117 Å². The van der Waals surface area contributed by atoms with Crippen molar-refractivity contribution in [3.05, 3.63) is 12.2 Å². The third-order valence-corrected chi connectivity index (χ3v) is 4.07. The van der Waals surface area contributed by atoms with Crippen LogP contribution in [0.4, 0.5) is 0 Å². The molecule has 3 N–H and O–H groups in total. The van der Waals surface area contributed by atoms with Crippen LogP contribution >= 0.6 is 0 Å². The van der Waals surface area contributed by atoms with Gasteiger partial charge < -0.3 is 25.1 Å². The van der Waals surface area contributed by atoms with E-state index >= 15 is 0 Å². The summed E-state index contributed by atoms with van der Waals surface area (Å²) < 4.78 is 5.43. The number of carbonyl (C=O) groups is 2. The van der Waals surface area contributed by atoms with Gasteiger partial charge in [0.2, 0.25) is 5.90 Å². The van der Waals surface area contributed by atoms with Crippen LogP contribution in [0.15, 0.2) is 17.3 Å². The molecule has 2 saturated heterocycles. The van der Waals surface area contributed by atoms with Crippen LogP contribution in [-0.4, -0.2) is 52.3 Å². The van der Waals surface area contributed by atoms with Crippen molar-refractivity contribution in [2.75, 3.05) is 6.61 Å². The van der Waals surface area contributed by atoms with Gasteiger partial charge in [0.1, 0.15) is 5.60 Å². The molecule has 0 aliphatic carbocycles. The number of nitrogens with one attached hydrogen (secondary N) is 1. The van der Waals surface area contributed by atoms with Gasteiger partial charge in [-0.25, -0.2) is 9.59 Å². The summed E-state index contributed by atoms with van der Waals surface area (Å²) >= 11 is 0. The molecular weight excluding hydrogens is 304 g/mol. The maximum Gasteiger partial charge on any atom is 0.328 e. The van der Waals surface area contributed by atoms with Crippen LogP contribution in [0.3, 0.4) is 0 Å². The van der Waals surface area contributed by atoms with E-state index in [0.29, 0.717) is 30.8 Å². The number of hydrogen-bond donors (Lipinski definition) is 3. The van der Waals surface area contributed by atoms with E-state index in [9.17, 15) is 9.59 Å². The van der Waals surface area contributed by atoms with Crippen LogP contribution in [0, 0.1) is 0 Å². The Kier molecular flexibility index (Phi) is 5.59. The third kappa shape index (κ3) is 4.95. The van der Waals surface area contributed by atoms with Crippen LogP contribution in [0.1, 0.15) is 39.0 Å². The molecule has 1 unspecified atom stereocenters. The summed E-state index contributed by atoms with van der Waals surface area (Å²) in [6.07, 6.45) is 6.74. The Morgan fingerprint density at radius 1 is 1.30 bits per heavy atom. The minimum absolute atomic E-state index is 0.0401. The van der Waals surface area contributed by atoms with E-state index in [-0.39, 0.29) is 5.60 Å². The molecule has 0 amide bonds. The second-order valence-corrected chi connectivity index (χ2v) is 5.93. The predicted molar refractivity (Wildman–Crippen MR) is 81.1 cm³/mol. The Bertz CT molecular complexity index is 488. The van der Waals surface area contributed by atoms with Gasteiger partial charge in [0.15, 0.2) is 0 Å². The quantitative estimate of drug-likeness (QED) is 0.665. The molecule has 0 radical (unpaired) electrons. The van der Waals surface area contributed by atoms with Gasteiger partial charge in [-0.2, -0.15) is 0 Å². The van der Waals surface area contributed by atoms with E-state index < -0.39 is 11.9 Å². The fourth-order valence-corrected chi connectivity index (χ4v) is 3.30. The van der Waals surface area contributed by atoms with E-state index in [1.165, 1.54) is 12.8 Å². The van der Waals surface area contributed by atoms with Crippen molar-refractivity contribution in [3.63, 3.8) is 0 Å². The highest BCUT2D eigenvalue weighted by Gasteiger charge is 2.49. The van der Waals surface area contributed by atoms with Gasteiger partial charge in [0.25, 0.3) is 0 Å². The van der Waals surface area contributed by atoms with Crippen molar-refractivity contribution in [1.82, 2.24) is 5.32 Å². The lowest BCUT2D eigenvalue weighted by molar-refractivity contribution is -0.134. The molecule has 0 saturated carbocycles. The zero-order valence-corrected chi connectivity index (χ0v) is 13.0. The highest BCUT2D eigenvalue weighted by Crippen LogP contribution is 2.41. The Hall–Kier alpha value is -2.09. The number of piperidine rings is 1. The van der Waals surface area contributed by atoms with Crippen molar-refractivity contribution in [3.8, 4) is 0 Å². The van der Waals surface area contributed by atoms with Gasteiger partial charge in [0, 0.05) is 37.1 Å². The first kappa shape index (κ1) is 17.3. The minimum atomic E-state index is -1.26. The van der Waals surface area contributed by atoms with E-state index in [1.807, 2.05) is 6.92 Å². The van der Waals surface area contributed by atoms with E-state index in [0.717, 1.165) is 25.2 Å². The van der Waals surface area contributed by atoms with Gasteiger partial charge in [-0.15, -0.1) is 0 Å². The van der Waals surface area contributed by atoms with Gasteiger partial charge >= 0.3 is 11.9 Å². The molecule has 8 nitrogen and oxygen atoms in total. The summed E-state index contributed by atoms with van der Waals surface area (Å²) in [5, 5.41) is 23.3. The number of carboxylic acid groups (broad SMARTS) is 2. The second kappa shape index (κ2) is 7.45. The van der Waals surface area contributed by atoms with Gasteiger partial charge in [-0.3, -0.25) is 0 Å². The fourth-order valence-electron chi connectivity index (χ4n) is 3.30. The van der Waals surface area contributed by atoms with Crippen LogP contribution in [0.2, 0.25) is 0 Å². The normalized spacial score (nSPS) is 31.3. The molecule has 2 fully saturated rings. The van der Waals surface area contributed by atoms with Crippen molar-refractivity contribution < 1.29 is 29.4 Å². The molecule has 8 heteroatoms. The van der Waals surface area contributed by atoms with Gasteiger partial charge in [0.05, 0.1) is 13.0 Å². The standard InChI is InChI=1S/C11H18N2O2.C4H4O4/c1-2-14-10-7-11(15-13-10)5-8-3-4-9(6-11)12-8;5-3(6)1-2-4(7)8/h8-9,12H,2-7H2,1H3;1-2H,(H,5,6)(H,7,8)/b;2-1+/t8-,9+,11?;. The lowest BCUT2D eigenvalue weighted by atomic mass is 9.85. The lowest BCUT2D eigenvalue weighted by Crippen LogP contribution is -2.48. The van der Waals surface area contributed by atoms with Crippen molar-refractivity contribution >= 4 is 17.8 Å². The Morgan fingerprint density at radius 3 is 2.35 bits per heavy atom. The monoisotopic (exact) mass is 326 g/mol. The average molecular weight is 326 g/mol. The maximum absolute atomic E-state index is 9.55. The summed E-state index contributed by atoms with van der Waals surface area (Å²) in [5.74, 6) is -1.72. The molecule has 3 rings (SSSR count). The summed E-state index contributed by atoms with van der Waals surface area (Å²) in [5.41, 5.74) is -0.0401. The summed E-state index contributed by atoms with van der Waals surface area (Å²) in [7, 11) is 0. The molecule has 3 atom stereocenters. The zero-order valence-electron chi connectivity index (χ0n) is 13.0. The molecule has 3 aliphatic rings. The molecule has 1 spiro atoms. The van der Waals surface area contributed by atoms with Crippen LogP contribution < -0.4 is 5.32 Å². The molecule has 3 heterocycles. The summed E-state index contributed by atoms with van der Waals surface area (Å²) in [4.78, 5) is 24.8. The summed E-state index contributed by atoms with van der Waals surface area (Å²) in [6.45, 7) is 2.67. The first-order valence-corrected chi connectivity index (χ1v) is 7.70. The first-order valence-electron chi connectivity index (χ1n) is 7.70. The van der Waals surface area contributed by atoms with Crippen LogP contribution in [0.25, 0.3) is 0 Å². The van der Waals surface area contributed by atoms with Crippen molar-refractivity contribution in [2.45, 2.75) is 56.7 Å². The van der Waals surface area contributed by atoms with Crippen LogP contribution in [-0.2, 0) is 19.2 Å². The maximum atomic E-state index is 9.55.